The van der Waals surface area contributed by atoms with E-state index in [1.165, 1.54) is 18.2 Å². The second-order valence-corrected chi connectivity index (χ2v) is 4.43. The van der Waals surface area contributed by atoms with Gasteiger partial charge >= 0.3 is 0 Å². The molecule has 1 unspecified atom stereocenters. The molecule has 2 aromatic rings. The van der Waals surface area contributed by atoms with Gasteiger partial charge in [-0.2, -0.15) is 0 Å². The van der Waals surface area contributed by atoms with Crippen LogP contribution in [0.1, 0.15) is 25.1 Å². The van der Waals surface area contributed by atoms with Crippen molar-refractivity contribution in [2.45, 2.75) is 19.4 Å². The number of pyridine rings is 1. The Labute approximate surface area is 119 Å². The first-order valence-corrected chi connectivity index (χ1v) is 6.33. The van der Waals surface area contributed by atoms with Gasteiger partial charge in [0.1, 0.15) is 17.3 Å². The lowest BCUT2D eigenvalue weighted by Gasteiger charge is -2.17. The molecular weight excluding hydrogens is 280 g/mol. The zero-order valence-electron chi connectivity index (χ0n) is 11.2. The standard InChI is InChI=1S/C14H13F2N3O2/c1-2-11(12-5-4-10(16)8-17-12)18-13-6-3-9(15)7-14(13)19(20)21/h3-8,11,18H,2H2,1H3. The molecule has 21 heavy (non-hydrogen) atoms. The van der Waals surface area contributed by atoms with E-state index in [0.717, 1.165) is 18.3 Å². The molecule has 0 aliphatic rings. The van der Waals surface area contributed by atoms with Gasteiger partial charge in [-0.1, -0.05) is 6.92 Å². The van der Waals surface area contributed by atoms with Crippen molar-refractivity contribution in [2.24, 2.45) is 0 Å². The summed E-state index contributed by atoms with van der Waals surface area (Å²) < 4.78 is 26.0. The Morgan fingerprint density at radius 3 is 2.57 bits per heavy atom. The summed E-state index contributed by atoms with van der Waals surface area (Å²) in [5.41, 5.74) is 0.396. The Morgan fingerprint density at radius 1 is 1.29 bits per heavy atom. The van der Waals surface area contributed by atoms with Gasteiger partial charge in [0.2, 0.25) is 0 Å². The van der Waals surface area contributed by atoms with Crippen molar-refractivity contribution in [3.8, 4) is 0 Å². The average Bonchev–Trinajstić information content (AvgIpc) is 2.47. The van der Waals surface area contributed by atoms with E-state index >= 15 is 0 Å². The van der Waals surface area contributed by atoms with Crippen LogP contribution in [0, 0.1) is 21.7 Å². The van der Waals surface area contributed by atoms with Crippen molar-refractivity contribution < 1.29 is 13.7 Å². The number of aromatic nitrogens is 1. The Kier molecular flexibility index (Phi) is 4.42. The maximum absolute atomic E-state index is 13.1. The van der Waals surface area contributed by atoms with E-state index in [-0.39, 0.29) is 17.4 Å². The number of hydrogen-bond donors (Lipinski definition) is 1. The lowest BCUT2D eigenvalue weighted by atomic mass is 10.1. The molecule has 1 N–H and O–H groups in total. The highest BCUT2D eigenvalue weighted by Crippen LogP contribution is 2.29. The molecule has 110 valence electrons. The fourth-order valence-corrected chi connectivity index (χ4v) is 1.94. The lowest BCUT2D eigenvalue weighted by Crippen LogP contribution is -2.12. The van der Waals surface area contributed by atoms with E-state index < -0.39 is 16.6 Å². The quantitative estimate of drug-likeness (QED) is 0.672. The zero-order chi connectivity index (χ0) is 15.4. The molecule has 0 saturated carbocycles. The van der Waals surface area contributed by atoms with Crippen LogP contribution >= 0.6 is 0 Å². The molecule has 7 heteroatoms. The third-order valence-electron chi connectivity index (χ3n) is 3.00. The van der Waals surface area contributed by atoms with Gasteiger partial charge in [0.25, 0.3) is 5.69 Å². The van der Waals surface area contributed by atoms with E-state index in [4.69, 9.17) is 0 Å². The molecule has 1 aromatic carbocycles. The minimum atomic E-state index is -0.680. The third-order valence-corrected chi connectivity index (χ3v) is 3.00. The monoisotopic (exact) mass is 293 g/mol. The summed E-state index contributed by atoms with van der Waals surface area (Å²) in [6, 6.07) is 5.74. The number of nitrogens with one attached hydrogen (secondary N) is 1. The SMILES string of the molecule is CCC(Nc1ccc(F)cc1[N+](=O)[O-])c1ccc(F)cn1. The number of hydrogen-bond acceptors (Lipinski definition) is 4. The number of benzene rings is 1. The van der Waals surface area contributed by atoms with Gasteiger partial charge in [0.15, 0.2) is 0 Å². The smallest absolute Gasteiger partial charge is 0.295 e. The van der Waals surface area contributed by atoms with Crippen molar-refractivity contribution in [2.75, 3.05) is 5.32 Å². The third kappa shape index (κ3) is 3.50. The van der Waals surface area contributed by atoms with Gasteiger partial charge in [-0.05, 0) is 30.7 Å². The summed E-state index contributed by atoms with van der Waals surface area (Å²) in [7, 11) is 0. The van der Waals surface area contributed by atoms with Crippen LogP contribution < -0.4 is 5.32 Å². The number of rotatable bonds is 5. The van der Waals surface area contributed by atoms with Crippen molar-refractivity contribution in [3.05, 3.63) is 64.0 Å². The minimum Gasteiger partial charge on any atom is -0.371 e. The molecule has 5 nitrogen and oxygen atoms in total. The molecule has 0 aliphatic heterocycles. The topological polar surface area (TPSA) is 68.1 Å². The van der Waals surface area contributed by atoms with Crippen molar-refractivity contribution >= 4 is 11.4 Å². The maximum atomic E-state index is 13.1. The molecule has 0 fully saturated rings. The molecular formula is C14H13F2N3O2. The van der Waals surface area contributed by atoms with Crippen molar-refractivity contribution in [1.29, 1.82) is 0 Å². The largest absolute Gasteiger partial charge is 0.371 e. The summed E-state index contributed by atoms with van der Waals surface area (Å²) in [4.78, 5) is 14.3. The fourth-order valence-electron chi connectivity index (χ4n) is 1.94. The van der Waals surface area contributed by atoms with Gasteiger partial charge in [0.05, 0.1) is 28.9 Å². The van der Waals surface area contributed by atoms with Gasteiger partial charge in [-0.15, -0.1) is 0 Å². The predicted molar refractivity (Wildman–Crippen MR) is 73.9 cm³/mol. The maximum Gasteiger partial charge on any atom is 0.295 e. The number of nitro benzene ring substituents is 1. The summed E-state index contributed by atoms with van der Waals surface area (Å²) >= 11 is 0. The Bertz CT molecular complexity index is 647. The molecule has 1 atom stereocenters. The first kappa shape index (κ1) is 14.8. The Hall–Kier alpha value is -2.57. The summed E-state index contributed by atoms with van der Waals surface area (Å²) in [5.74, 6) is -1.14. The first-order valence-electron chi connectivity index (χ1n) is 6.33. The number of anilines is 1. The minimum absolute atomic E-state index is 0.194. The molecule has 0 saturated heterocycles. The Morgan fingerprint density at radius 2 is 2.00 bits per heavy atom. The highest BCUT2D eigenvalue weighted by atomic mass is 19.1. The van der Waals surface area contributed by atoms with Crippen LogP contribution in [0.3, 0.4) is 0 Å². The van der Waals surface area contributed by atoms with Crippen LogP contribution in [0.2, 0.25) is 0 Å². The number of halogens is 2. The van der Waals surface area contributed by atoms with E-state index in [9.17, 15) is 18.9 Å². The predicted octanol–water partition coefficient (Wildman–Crippen LogP) is 3.83. The Balaban J connectivity index is 2.30. The molecule has 2 rings (SSSR count). The van der Waals surface area contributed by atoms with Crippen molar-refractivity contribution in [3.63, 3.8) is 0 Å². The van der Waals surface area contributed by atoms with E-state index in [1.54, 1.807) is 0 Å². The molecule has 0 aliphatic carbocycles. The van der Waals surface area contributed by atoms with Gasteiger partial charge in [0, 0.05) is 0 Å². The molecule has 1 heterocycles. The summed E-state index contributed by atoms with van der Waals surface area (Å²) in [5, 5.41) is 13.9. The van der Waals surface area contributed by atoms with Crippen LogP contribution in [-0.4, -0.2) is 9.91 Å². The van der Waals surface area contributed by atoms with Gasteiger partial charge in [-0.3, -0.25) is 15.1 Å². The normalized spacial score (nSPS) is 12.0. The number of nitrogens with zero attached hydrogens (tertiary/aromatic N) is 2. The molecule has 0 spiro atoms. The highest BCUT2D eigenvalue weighted by Gasteiger charge is 2.19. The summed E-state index contributed by atoms with van der Waals surface area (Å²) in [6.07, 6.45) is 1.66. The van der Waals surface area contributed by atoms with Crippen LogP contribution in [-0.2, 0) is 0 Å². The highest BCUT2D eigenvalue weighted by molar-refractivity contribution is 5.62. The molecule has 0 bridgehead atoms. The van der Waals surface area contributed by atoms with E-state index in [1.807, 2.05) is 6.92 Å². The van der Waals surface area contributed by atoms with Crippen molar-refractivity contribution in [1.82, 2.24) is 4.98 Å². The molecule has 0 amide bonds. The van der Waals surface area contributed by atoms with Crippen LogP contribution in [0.25, 0.3) is 0 Å². The lowest BCUT2D eigenvalue weighted by molar-refractivity contribution is -0.384. The van der Waals surface area contributed by atoms with Crippen LogP contribution in [0.4, 0.5) is 20.2 Å². The average molecular weight is 293 g/mol. The second-order valence-electron chi connectivity index (χ2n) is 4.43. The fraction of sp³-hybridized carbons (Fsp3) is 0.214. The molecule has 1 aromatic heterocycles. The summed E-state index contributed by atoms with van der Waals surface area (Å²) in [6.45, 7) is 1.86. The molecule has 0 radical (unpaired) electrons. The first-order chi connectivity index (χ1) is 10.0. The van der Waals surface area contributed by atoms with Gasteiger partial charge < -0.3 is 5.32 Å². The van der Waals surface area contributed by atoms with E-state index in [0.29, 0.717) is 12.1 Å². The van der Waals surface area contributed by atoms with Gasteiger partial charge in [-0.25, -0.2) is 8.78 Å². The second kappa shape index (κ2) is 6.25. The van der Waals surface area contributed by atoms with Crippen LogP contribution in [0.15, 0.2) is 36.5 Å². The van der Waals surface area contributed by atoms with Crippen LogP contribution in [0.5, 0.6) is 0 Å². The zero-order valence-corrected chi connectivity index (χ0v) is 11.2. The number of nitro groups is 1. The van der Waals surface area contributed by atoms with E-state index in [2.05, 4.69) is 10.3 Å².